The number of carbonyl (C=O) groups is 1. The van der Waals surface area contributed by atoms with E-state index in [1.807, 2.05) is 25.3 Å². The molecule has 0 bridgehead atoms. The molecule has 8 heteroatoms. The third-order valence-electron chi connectivity index (χ3n) is 7.15. The van der Waals surface area contributed by atoms with Crippen LogP contribution in [-0.2, 0) is 11.2 Å². The summed E-state index contributed by atoms with van der Waals surface area (Å²) in [6.07, 6.45) is 8.53. The molecular formula is C29H32N4O2S2. The summed E-state index contributed by atoms with van der Waals surface area (Å²) in [4.78, 5) is 36.2. The number of pyridine rings is 1. The average Bonchev–Trinajstić information content (AvgIpc) is 3.17. The lowest BCUT2D eigenvalue weighted by Gasteiger charge is -2.33. The molecule has 37 heavy (non-hydrogen) atoms. The van der Waals surface area contributed by atoms with Crippen LogP contribution in [0.2, 0.25) is 0 Å². The van der Waals surface area contributed by atoms with E-state index in [2.05, 4.69) is 42.2 Å². The molecule has 0 unspecified atom stereocenters. The molecule has 0 N–H and O–H groups in total. The van der Waals surface area contributed by atoms with E-state index in [-0.39, 0.29) is 11.5 Å². The summed E-state index contributed by atoms with van der Waals surface area (Å²) < 4.78 is 2.14. The number of thioether (sulfide) groups is 1. The van der Waals surface area contributed by atoms with Crippen LogP contribution in [0.15, 0.2) is 58.4 Å². The number of unbranched alkanes of at least 4 members (excludes halogenated alkanes) is 1. The summed E-state index contributed by atoms with van der Waals surface area (Å²) in [5.41, 5.74) is 3.26. The van der Waals surface area contributed by atoms with Gasteiger partial charge in [-0.3, -0.25) is 18.9 Å². The second-order valence-corrected chi connectivity index (χ2v) is 11.6. The zero-order chi connectivity index (χ0) is 25.9. The summed E-state index contributed by atoms with van der Waals surface area (Å²) in [7, 11) is 0. The van der Waals surface area contributed by atoms with Crippen molar-refractivity contribution < 1.29 is 4.79 Å². The Bertz CT molecular complexity index is 1410. The summed E-state index contributed by atoms with van der Waals surface area (Å²) in [6.45, 7) is 6.30. The average molecular weight is 533 g/mol. The van der Waals surface area contributed by atoms with Crippen molar-refractivity contribution in [1.29, 1.82) is 0 Å². The highest BCUT2D eigenvalue weighted by Crippen LogP contribution is 2.34. The molecule has 0 radical (unpaired) electrons. The van der Waals surface area contributed by atoms with Crippen LogP contribution in [0.25, 0.3) is 11.7 Å². The normalized spacial score (nSPS) is 17.9. The molecule has 2 aliphatic rings. The van der Waals surface area contributed by atoms with Crippen molar-refractivity contribution in [2.45, 2.75) is 46.0 Å². The Morgan fingerprint density at radius 3 is 2.59 bits per heavy atom. The number of aromatic nitrogens is 2. The van der Waals surface area contributed by atoms with Gasteiger partial charge in [-0.1, -0.05) is 73.7 Å². The van der Waals surface area contributed by atoms with E-state index in [1.165, 1.54) is 17.3 Å². The Hall–Kier alpha value is -2.97. The van der Waals surface area contributed by atoms with E-state index in [0.29, 0.717) is 38.7 Å². The van der Waals surface area contributed by atoms with Gasteiger partial charge in [0.2, 0.25) is 0 Å². The van der Waals surface area contributed by atoms with E-state index < -0.39 is 0 Å². The summed E-state index contributed by atoms with van der Waals surface area (Å²) >= 11 is 6.77. The van der Waals surface area contributed by atoms with E-state index in [4.69, 9.17) is 17.2 Å². The fraction of sp³-hybridized carbons (Fsp3) is 0.379. The van der Waals surface area contributed by atoms with Gasteiger partial charge in [-0.25, -0.2) is 4.98 Å². The highest BCUT2D eigenvalue weighted by molar-refractivity contribution is 8.26. The summed E-state index contributed by atoms with van der Waals surface area (Å²) in [5, 5.41) is 0. The summed E-state index contributed by atoms with van der Waals surface area (Å²) in [5.74, 6) is 1.14. The van der Waals surface area contributed by atoms with Crippen LogP contribution in [0.4, 0.5) is 5.82 Å². The Labute approximate surface area is 227 Å². The zero-order valence-corrected chi connectivity index (χ0v) is 23.0. The van der Waals surface area contributed by atoms with E-state index in [9.17, 15) is 9.59 Å². The predicted molar refractivity (Wildman–Crippen MR) is 156 cm³/mol. The van der Waals surface area contributed by atoms with Crippen LogP contribution in [0.3, 0.4) is 0 Å². The number of hydrogen-bond donors (Lipinski definition) is 0. The fourth-order valence-electron chi connectivity index (χ4n) is 5.05. The lowest BCUT2D eigenvalue weighted by atomic mass is 9.90. The minimum Gasteiger partial charge on any atom is -0.356 e. The first-order valence-corrected chi connectivity index (χ1v) is 14.2. The fourth-order valence-corrected chi connectivity index (χ4v) is 6.34. The quantitative estimate of drug-likeness (QED) is 0.297. The van der Waals surface area contributed by atoms with Crippen molar-refractivity contribution in [1.82, 2.24) is 14.3 Å². The van der Waals surface area contributed by atoms with Gasteiger partial charge in [-0.2, -0.15) is 0 Å². The molecule has 2 fully saturated rings. The molecule has 0 atom stereocenters. The Kier molecular flexibility index (Phi) is 7.76. The maximum absolute atomic E-state index is 13.8. The number of fused-ring (bicyclic) bond motifs is 1. The molecule has 3 aromatic rings. The molecule has 0 spiro atoms. The van der Waals surface area contributed by atoms with Crippen LogP contribution in [0.1, 0.15) is 49.3 Å². The molecule has 2 saturated heterocycles. The lowest BCUT2D eigenvalue weighted by molar-refractivity contribution is -0.122. The maximum atomic E-state index is 13.8. The number of aryl methyl sites for hydroxylation is 1. The molecule has 1 aromatic carbocycles. The third kappa shape index (κ3) is 5.50. The Balaban J connectivity index is 1.47. The van der Waals surface area contributed by atoms with Gasteiger partial charge in [0.15, 0.2) is 0 Å². The van der Waals surface area contributed by atoms with E-state index >= 15 is 0 Å². The topological polar surface area (TPSA) is 57.9 Å². The SMILES string of the molecule is CCCCN1C(=O)C(=Cc2c(N3CCC(Cc4ccccc4)CC3)nc3ccc(C)cn3c2=O)SC1=S. The molecule has 4 heterocycles. The van der Waals surface area contributed by atoms with Gasteiger partial charge in [0.25, 0.3) is 11.5 Å². The van der Waals surface area contributed by atoms with Crippen molar-refractivity contribution in [3.63, 3.8) is 0 Å². The highest BCUT2D eigenvalue weighted by Gasteiger charge is 2.33. The van der Waals surface area contributed by atoms with Crippen LogP contribution in [-0.4, -0.2) is 44.1 Å². The van der Waals surface area contributed by atoms with Gasteiger partial charge in [0.05, 0.1) is 10.5 Å². The van der Waals surface area contributed by atoms with Gasteiger partial charge < -0.3 is 4.90 Å². The molecule has 0 saturated carbocycles. The summed E-state index contributed by atoms with van der Waals surface area (Å²) in [6, 6.07) is 14.5. The van der Waals surface area contributed by atoms with E-state index in [1.54, 1.807) is 15.4 Å². The van der Waals surface area contributed by atoms with Gasteiger partial charge in [0, 0.05) is 25.8 Å². The highest BCUT2D eigenvalue weighted by atomic mass is 32.2. The third-order valence-corrected chi connectivity index (χ3v) is 8.53. The van der Waals surface area contributed by atoms with Crippen molar-refractivity contribution in [2.75, 3.05) is 24.5 Å². The number of anilines is 1. The van der Waals surface area contributed by atoms with Crippen LogP contribution in [0.5, 0.6) is 0 Å². The number of hydrogen-bond acceptors (Lipinski definition) is 6. The Morgan fingerprint density at radius 2 is 1.86 bits per heavy atom. The van der Waals surface area contributed by atoms with Crippen LogP contribution in [0, 0.1) is 12.8 Å². The molecule has 5 rings (SSSR count). The first-order valence-electron chi connectivity index (χ1n) is 13.0. The number of benzene rings is 1. The molecule has 1 amide bonds. The minimum atomic E-state index is -0.158. The van der Waals surface area contributed by atoms with Crippen molar-refractivity contribution in [3.8, 4) is 0 Å². The zero-order valence-electron chi connectivity index (χ0n) is 21.4. The number of rotatable bonds is 7. The maximum Gasteiger partial charge on any atom is 0.267 e. The van der Waals surface area contributed by atoms with Crippen molar-refractivity contribution in [3.05, 3.63) is 80.6 Å². The second-order valence-electron chi connectivity index (χ2n) is 9.90. The molecule has 0 aliphatic carbocycles. The van der Waals surface area contributed by atoms with Crippen LogP contribution < -0.4 is 10.5 Å². The number of nitrogens with zero attached hydrogens (tertiary/aromatic N) is 4. The largest absolute Gasteiger partial charge is 0.356 e. The Morgan fingerprint density at radius 1 is 1.11 bits per heavy atom. The number of thiocarbonyl (C=S) groups is 1. The second kappa shape index (κ2) is 11.2. The van der Waals surface area contributed by atoms with Crippen molar-refractivity contribution >= 4 is 51.7 Å². The number of amides is 1. The number of carbonyl (C=O) groups excluding carboxylic acids is 1. The van der Waals surface area contributed by atoms with Crippen molar-refractivity contribution in [2.24, 2.45) is 5.92 Å². The van der Waals surface area contributed by atoms with Gasteiger partial charge in [-0.05, 0) is 61.8 Å². The van der Waals surface area contributed by atoms with Gasteiger partial charge in [-0.15, -0.1) is 0 Å². The predicted octanol–water partition coefficient (Wildman–Crippen LogP) is 5.46. The monoisotopic (exact) mass is 532 g/mol. The van der Waals surface area contributed by atoms with Gasteiger partial charge >= 0.3 is 0 Å². The molecule has 6 nitrogen and oxygen atoms in total. The van der Waals surface area contributed by atoms with Gasteiger partial charge in [0.1, 0.15) is 15.8 Å². The standard InChI is InChI=1S/C29H32N4O2S2/c1-3-4-14-32-28(35)24(37-29(32)36)18-23-26(30-25-11-10-20(2)19-33(25)27(23)34)31-15-12-22(13-16-31)17-21-8-6-5-7-9-21/h5-11,18-19,22H,3-4,12-17H2,1-2H3. The molecule has 2 aliphatic heterocycles. The first kappa shape index (κ1) is 25.7. The smallest absolute Gasteiger partial charge is 0.267 e. The molecule has 192 valence electrons. The minimum absolute atomic E-state index is 0.121. The lowest BCUT2D eigenvalue weighted by Crippen LogP contribution is -2.37. The molecular weight excluding hydrogens is 500 g/mol. The number of piperidine rings is 1. The van der Waals surface area contributed by atoms with Crippen LogP contribution >= 0.6 is 24.0 Å². The molecule has 2 aromatic heterocycles. The first-order chi connectivity index (χ1) is 17.9. The van der Waals surface area contributed by atoms with E-state index in [0.717, 1.165) is 50.8 Å².